The number of rotatable bonds is 7. The number of aromatic nitrogens is 2. The van der Waals surface area contributed by atoms with E-state index in [9.17, 15) is 10.5 Å². The fourth-order valence-corrected chi connectivity index (χ4v) is 5.36. The summed E-state index contributed by atoms with van der Waals surface area (Å²) in [5.41, 5.74) is 7.64. The van der Waals surface area contributed by atoms with E-state index in [4.69, 9.17) is 0 Å². The van der Waals surface area contributed by atoms with Gasteiger partial charge in [-0.25, -0.2) is 0 Å². The van der Waals surface area contributed by atoms with E-state index in [1.165, 1.54) is 37.1 Å². The second kappa shape index (κ2) is 8.65. The number of likely N-dealkylation sites (tertiary alicyclic amines) is 2. The Kier molecular flexibility index (Phi) is 5.34. The monoisotopic (exact) mass is 448 g/mol. The van der Waals surface area contributed by atoms with E-state index in [1.807, 2.05) is 18.2 Å². The second-order valence-electron chi connectivity index (χ2n) is 9.58. The SMILES string of the molecule is N#Cc1ccc2c(CCN3CCC3)c(-c3ccc4c(CCN5CCC5)c[nH]c4c3C#N)[nH]c2c1. The Hall–Kier alpha value is -3.58. The molecule has 170 valence electrons. The molecule has 0 saturated carbocycles. The average Bonchev–Trinajstić information content (AvgIpc) is 3.37. The van der Waals surface area contributed by atoms with Gasteiger partial charge in [-0.1, -0.05) is 18.2 Å². The molecule has 2 aliphatic rings. The first-order chi connectivity index (χ1) is 16.7. The molecule has 0 aliphatic carbocycles. The van der Waals surface area contributed by atoms with Gasteiger partial charge in [0, 0.05) is 41.1 Å². The first-order valence-electron chi connectivity index (χ1n) is 12.3. The minimum atomic E-state index is 0.641. The van der Waals surface area contributed by atoms with Gasteiger partial charge in [-0.05, 0) is 75.1 Å². The van der Waals surface area contributed by atoms with Crippen molar-refractivity contribution in [2.45, 2.75) is 25.7 Å². The lowest BCUT2D eigenvalue weighted by molar-refractivity contribution is 0.184. The molecule has 2 N–H and O–H groups in total. The maximum absolute atomic E-state index is 10.2. The summed E-state index contributed by atoms with van der Waals surface area (Å²) in [6.07, 6.45) is 6.56. The Morgan fingerprint density at radius 1 is 0.853 bits per heavy atom. The molecule has 2 aliphatic heterocycles. The molecule has 0 bridgehead atoms. The van der Waals surface area contributed by atoms with E-state index >= 15 is 0 Å². The van der Waals surface area contributed by atoms with E-state index in [2.05, 4.69) is 50.2 Å². The van der Waals surface area contributed by atoms with Crippen LogP contribution in [0.5, 0.6) is 0 Å². The Morgan fingerprint density at radius 3 is 2.26 bits per heavy atom. The van der Waals surface area contributed by atoms with E-state index in [0.29, 0.717) is 11.1 Å². The van der Waals surface area contributed by atoms with Crippen LogP contribution in [0.25, 0.3) is 33.1 Å². The lowest BCUT2D eigenvalue weighted by atomic mass is 9.96. The van der Waals surface area contributed by atoms with E-state index in [0.717, 1.165) is 72.1 Å². The van der Waals surface area contributed by atoms with Crippen LogP contribution in [0.15, 0.2) is 36.5 Å². The summed E-state index contributed by atoms with van der Waals surface area (Å²) in [5, 5.41) is 21.9. The van der Waals surface area contributed by atoms with Crippen molar-refractivity contribution in [3.8, 4) is 23.4 Å². The number of nitrogens with one attached hydrogen (secondary N) is 2. The number of hydrogen-bond acceptors (Lipinski definition) is 4. The van der Waals surface area contributed by atoms with Gasteiger partial charge in [-0.3, -0.25) is 0 Å². The highest BCUT2D eigenvalue weighted by Gasteiger charge is 2.22. The van der Waals surface area contributed by atoms with Gasteiger partial charge < -0.3 is 19.8 Å². The zero-order valence-corrected chi connectivity index (χ0v) is 19.3. The summed E-state index contributed by atoms with van der Waals surface area (Å²) in [7, 11) is 0. The smallest absolute Gasteiger partial charge is 0.102 e. The lowest BCUT2D eigenvalue weighted by Crippen LogP contribution is -2.38. The van der Waals surface area contributed by atoms with Gasteiger partial charge in [0.25, 0.3) is 0 Å². The fourth-order valence-electron chi connectivity index (χ4n) is 5.36. The van der Waals surface area contributed by atoms with E-state index < -0.39 is 0 Å². The van der Waals surface area contributed by atoms with Crippen molar-refractivity contribution in [1.82, 2.24) is 19.8 Å². The van der Waals surface area contributed by atoms with Gasteiger partial charge >= 0.3 is 0 Å². The van der Waals surface area contributed by atoms with Crippen molar-refractivity contribution in [3.05, 3.63) is 58.8 Å². The predicted molar refractivity (Wildman–Crippen MR) is 135 cm³/mol. The molecule has 2 fully saturated rings. The number of fused-ring (bicyclic) bond motifs is 2. The normalized spacial score (nSPS) is 16.3. The Bertz CT molecular complexity index is 1450. The lowest BCUT2D eigenvalue weighted by Gasteiger charge is -2.30. The molecule has 0 radical (unpaired) electrons. The largest absolute Gasteiger partial charge is 0.360 e. The van der Waals surface area contributed by atoms with Gasteiger partial charge in [-0.2, -0.15) is 10.5 Å². The van der Waals surface area contributed by atoms with Crippen LogP contribution < -0.4 is 0 Å². The quantitative estimate of drug-likeness (QED) is 0.434. The molecule has 2 saturated heterocycles. The first-order valence-corrected chi connectivity index (χ1v) is 12.3. The summed E-state index contributed by atoms with van der Waals surface area (Å²) in [6, 6.07) is 14.9. The molecule has 0 spiro atoms. The van der Waals surface area contributed by atoms with Crippen LogP contribution >= 0.6 is 0 Å². The van der Waals surface area contributed by atoms with Crippen molar-refractivity contribution in [2.75, 3.05) is 39.3 Å². The Labute approximate surface area is 199 Å². The van der Waals surface area contributed by atoms with Crippen molar-refractivity contribution in [2.24, 2.45) is 0 Å². The third-order valence-corrected chi connectivity index (χ3v) is 7.63. The second-order valence-corrected chi connectivity index (χ2v) is 9.58. The first kappa shape index (κ1) is 21.0. The maximum Gasteiger partial charge on any atom is 0.102 e. The number of aromatic amines is 2. The Balaban J connectivity index is 1.43. The molecule has 0 unspecified atom stereocenters. The van der Waals surface area contributed by atoms with Crippen LogP contribution in [-0.2, 0) is 12.8 Å². The highest BCUT2D eigenvalue weighted by Crippen LogP contribution is 2.36. The van der Waals surface area contributed by atoms with Gasteiger partial charge in [0.2, 0.25) is 0 Å². The van der Waals surface area contributed by atoms with Crippen LogP contribution in [0.3, 0.4) is 0 Å². The topological polar surface area (TPSA) is 85.6 Å². The highest BCUT2D eigenvalue weighted by atomic mass is 15.2. The summed E-state index contributed by atoms with van der Waals surface area (Å²) in [6.45, 7) is 6.80. The predicted octanol–water partition coefficient (Wildman–Crippen LogP) is 4.56. The Morgan fingerprint density at radius 2 is 1.59 bits per heavy atom. The van der Waals surface area contributed by atoms with Crippen LogP contribution in [0.4, 0.5) is 0 Å². The molecule has 2 aromatic carbocycles. The van der Waals surface area contributed by atoms with E-state index in [1.54, 1.807) is 0 Å². The molecule has 4 heterocycles. The number of hydrogen-bond donors (Lipinski definition) is 2. The summed E-state index contributed by atoms with van der Waals surface area (Å²) < 4.78 is 0. The van der Waals surface area contributed by atoms with Crippen LogP contribution in [0, 0.1) is 22.7 Å². The van der Waals surface area contributed by atoms with Crippen molar-refractivity contribution < 1.29 is 0 Å². The zero-order chi connectivity index (χ0) is 23.1. The molecular weight excluding hydrogens is 420 g/mol. The van der Waals surface area contributed by atoms with Gasteiger partial charge in [-0.15, -0.1) is 0 Å². The molecule has 6 rings (SSSR count). The van der Waals surface area contributed by atoms with E-state index in [-0.39, 0.29) is 0 Å². The number of benzene rings is 2. The fraction of sp³-hybridized carbons (Fsp3) is 0.357. The average molecular weight is 449 g/mol. The third-order valence-electron chi connectivity index (χ3n) is 7.63. The molecule has 0 atom stereocenters. The van der Waals surface area contributed by atoms with Crippen molar-refractivity contribution in [1.29, 1.82) is 10.5 Å². The summed E-state index contributed by atoms with van der Waals surface area (Å²) >= 11 is 0. The molecule has 34 heavy (non-hydrogen) atoms. The molecular formula is C28H28N6. The molecule has 4 aromatic rings. The zero-order valence-electron chi connectivity index (χ0n) is 19.3. The standard InChI is InChI=1S/C28H28N6/c29-16-19-3-4-22-24(8-14-34-11-2-12-34)28(32-26(22)15-19)23-6-5-21-20(7-13-33-9-1-10-33)18-31-27(21)25(23)17-30/h3-6,15,18,31-32H,1-2,7-14H2. The van der Waals surface area contributed by atoms with Crippen molar-refractivity contribution >= 4 is 21.8 Å². The summed E-state index contributed by atoms with van der Waals surface area (Å²) in [4.78, 5) is 11.9. The van der Waals surface area contributed by atoms with Gasteiger partial charge in [0.1, 0.15) is 6.07 Å². The summed E-state index contributed by atoms with van der Waals surface area (Å²) in [5.74, 6) is 0. The minimum absolute atomic E-state index is 0.641. The number of nitriles is 2. The molecule has 0 amide bonds. The molecule has 6 nitrogen and oxygen atoms in total. The third kappa shape index (κ3) is 3.56. The molecule has 2 aromatic heterocycles. The maximum atomic E-state index is 10.2. The molecule has 6 heteroatoms. The van der Waals surface area contributed by atoms with Crippen LogP contribution in [0.2, 0.25) is 0 Å². The van der Waals surface area contributed by atoms with Gasteiger partial charge in [0.15, 0.2) is 0 Å². The highest BCUT2D eigenvalue weighted by molar-refractivity contribution is 5.98. The van der Waals surface area contributed by atoms with Crippen LogP contribution in [-0.4, -0.2) is 59.0 Å². The number of H-pyrrole nitrogens is 2. The van der Waals surface area contributed by atoms with Crippen LogP contribution in [0.1, 0.15) is 35.1 Å². The van der Waals surface area contributed by atoms with Crippen molar-refractivity contribution in [3.63, 3.8) is 0 Å². The minimum Gasteiger partial charge on any atom is -0.360 e. The van der Waals surface area contributed by atoms with Gasteiger partial charge in [0.05, 0.1) is 28.4 Å². The number of nitrogens with zero attached hydrogens (tertiary/aromatic N) is 4.